The van der Waals surface area contributed by atoms with Gasteiger partial charge in [-0.1, -0.05) is 62.9 Å². The number of rotatable bonds is 3. The standard InChI is InChI=1S/C14H10BrCl3O/c15-9-2-3-10(12(17)7-9)14(19)6-8-1-4-11(16)13(18)5-8/h1-5,7,14,19H,6H2. The van der Waals surface area contributed by atoms with E-state index in [1.165, 1.54) is 0 Å². The molecule has 2 aromatic rings. The molecule has 1 unspecified atom stereocenters. The van der Waals surface area contributed by atoms with Gasteiger partial charge in [-0.2, -0.15) is 0 Å². The number of benzene rings is 2. The van der Waals surface area contributed by atoms with Gasteiger partial charge < -0.3 is 5.11 Å². The van der Waals surface area contributed by atoms with Crippen molar-refractivity contribution < 1.29 is 5.11 Å². The summed E-state index contributed by atoms with van der Waals surface area (Å²) < 4.78 is 0.878. The van der Waals surface area contributed by atoms with Crippen molar-refractivity contribution in [1.82, 2.24) is 0 Å². The van der Waals surface area contributed by atoms with Crippen LogP contribution in [0, 0.1) is 0 Å². The molecule has 0 amide bonds. The predicted molar refractivity (Wildman–Crippen MR) is 84.3 cm³/mol. The van der Waals surface area contributed by atoms with Gasteiger partial charge in [0.15, 0.2) is 0 Å². The summed E-state index contributed by atoms with van der Waals surface area (Å²) in [6.07, 6.45) is -0.254. The Hall–Kier alpha value is -0.250. The van der Waals surface area contributed by atoms with Crippen LogP contribution in [-0.4, -0.2) is 5.11 Å². The zero-order valence-corrected chi connectivity index (χ0v) is 13.6. The summed E-state index contributed by atoms with van der Waals surface area (Å²) in [5, 5.41) is 11.7. The van der Waals surface area contributed by atoms with Crippen LogP contribution in [0.2, 0.25) is 15.1 Å². The Labute approximate surface area is 135 Å². The van der Waals surface area contributed by atoms with Crippen molar-refractivity contribution in [2.24, 2.45) is 0 Å². The van der Waals surface area contributed by atoms with Gasteiger partial charge in [0, 0.05) is 15.9 Å². The van der Waals surface area contributed by atoms with E-state index >= 15 is 0 Å². The second kappa shape index (κ2) is 6.47. The van der Waals surface area contributed by atoms with Crippen LogP contribution in [0.25, 0.3) is 0 Å². The summed E-state index contributed by atoms with van der Waals surface area (Å²) in [5.74, 6) is 0. The summed E-state index contributed by atoms with van der Waals surface area (Å²) in [5.41, 5.74) is 1.59. The minimum absolute atomic E-state index is 0.429. The molecule has 0 aliphatic heterocycles. The fraction of sp³-hybridized carbons (Fsp3) is 0.143. The lowest BCUT2D eigenvalue weighted by Gasteiger charge is -2.13. The predicted octanol–water partition coefficient (Wildman–Crippen LogP) is 5.69. The highest BCUT2D eigenvalue weighted by molar-refractivity contribution is 9.10. The number of hydrogen-bond acceptors (Lipinski definition) is 1. The molecular weight excluding hydrogens is 370 g/mol. The molecule has 0 bridgehead atoms. The van der Waals surface area contributed by atoms with Crippen LogP contribution in [0.5, 0.6) is 0 Å². The third kappa shape index (κ3) is 3.87. The maximum atomic E-state index is 10.2. The van der Waals surface area contributed by atoms with E-state index in [0.717, 1.165) is 10.0 Å². The van der Waals surface area contributed by atoms with Crippen LogP contribution in [0.15, 0.2) is 40.9 Å². The summed E-state index contributed by atoms with van der Waals surface area (Å²) >= 11 is 21.2. The molecule has 1 nitrogen and oxygen atoms in total. The van der Waals surface area contributed by atoms with Gasteiger partial charge >= 0.3 is 0 Å². The zero-order chi connectivity index (χ0) is 14.0. The lowest BCUT2D eigenvalue weighted by molar-refractivity contribution is 0.178. The SMILES string of the molecule is OC(Cc1ccc(Cl)c(Cl)c1)c1ccc(Br)cc1Cl. The van der Waals surface area contributed by atoms with Crippen LogP contribution >= 0.6 is 50.7 Å². The monoisotopic (exact) mass is 378 g/mol. The molecular formula is C14H10BrCl3O. The molecule has 100 valence electrons. The van der Waals surface area contributed by atoms with Gasteiger partial charge in [0.1, 0.15) is 0 Å². The van der Waals surface area contributed by atoms with E-state index in [1.807, 2.05) is 12.1 Å². The van der Waals surface area contributed by atoms with Crippen molar-refractivity contribution in [3.05, 3.63) is 67.1 Å². The lowest BCUT2D eigenvalue weighted by atomic mass is 10.0. The van der Waals surface area contributed by atoms with Gasteiger partial charge in [0.25, 0.3) is 0 Å². The third-order valence-electron chi connectivity index (χ3n) is 2.73. The Bertz CT molecular complexity index is 601. The molecule has 0 fully saturated rings. The van der Waals surface area contributed by atoms with Crippen LogP contribution in [-0.2, 0) is 6.42 Å². The van der Waals surface area contributed by atoms with Crippen LogP contribution in [0.1, 0.15) is 17.2 Å². The number of aliphatic hydroxyl groups excluding tert-OH is 1. The van der Waals surface area contributed by atoms with E-state index in [1.54, 1.807) is 24.3 Å². The molecule has 0 aliphatic rings. The third-order valence-corrected chi connectivity index (χ3v) is 4.29. The molecule has 5 heteroatoms. The van der Waals surface area contributed by atoms with Gasteiger partial charge in [-0.05, 0) is 35.4 Å². The molecule has 1 atom stereocenters. The fourth-order valence-corrected chi connectivity index (χ4v) is 2.89. The van der Waals surface area contributed by atoms with Gasteiger partial charge in [0.2, 0.25) is 0 Å². The number of aliphatic hydroxyl groups is 1. The molecule has 0 aliphatic carbocycles. The van der Waals surface area contributed by atoms with E-state index < -0.39 is 6.10 Å². The van der Waals surface area contributed by atoms with E-state index in [9.17, 15) is 5.11 Å². The van der Waals surface area contributed by atoms with Crippen LogP contribution < -0.4 is 0 Å². The van der Waals surface area contributed by atoms with Gasteiger partial charge in [-0.25, -0.2) is 0 Å². The molecule has 0 aromatic heterocycles. The highest BCUT2D eigenvalue weighted by Crippen LogP contribution is 2.30. The molecule has 2 rings (SSSR count). The van der Waals surface area contributed by atoms with E-state index in [2.05, 4.69) is 15.9 Å². The normalized spacial score (nSPS) is 12.5. The Morgan fingerprint density at radius 2 is 1.68 bits per heavy atom. The van der Waals surface area contributed by atoms with Crippen molar-refractivity contribution in [1.29, 1.82) is 0 Å². The Kier molecular flexibility index (Phi) is 5.15. The van der Waals surface area contributed by atoms with Gasteiger partial charge in [0.05, 0.1) is 16.1 Å². The molecule has 0 saturated carbocycles. The smallest absolute Gasteiger partial charge is 0.0844 e. The first kappa shape index (κ1) is 15.1. The zero-order valence-electron chi connectivity index (χ0n) is 9.71. The van der Waals surface area contributed by atoms with Gasteiger partial charge in [-0.15, -0.1) is 0 Å². The maximum absolute atomic E-state index is 10.2. The van der Waals surface area contributed by atoms with E-state index in [-0.39, 0.29) is 0 Å². The average Bonchev–Trinajstić information content (AvgIpc) is 2.33. The number of hydrogen-bond donors (Lipinski definition) is 1. The van der Waals surface area contributed by atoms with Crippen LogP contribution in [0.3, 0.4) is 0 Å². The molecule has 0 radical (unpaired) electrons. The molecule has 0 saturated heterocycles. The minimum Gasteiger partial charge on any atom is -0.388 e. The average molecular weight is 380 g/mol. The van der Waals surface area contributed by atoms with Crippen molar-refractivity contribution >= 4 is 50.7 Å². The largest absolute Gasteiger partial charge is 0.388 e. The first-order chi connectivity index (χ1) is 8.97. The fourth-order valence-electron chi connectivity index (χ4n) is 1.77. The second-order valence-electron chi connectivity index (χ2n) is 4.13. The summed E-state index contributed by atoms with van der Waals surface area (Å²) in [4.78, 5) is 0. The molecule has 0 spiro atoms. The first-order valence-corrected chi connectivity index (χ1v) is 7.47. The van der Waals surface area contributed by atoms with Crippen molar-refractivity contribution in [2.45, 2.75) is 12.5 Å². The van der Waals surface area contributed by atoms with Crippen molar-refractivity contribution in [3.8, 4) is 0 Å². The topological polar surface area (TPSA) is 20.2 Å². The summed E-state index contributed by atoms with van der Waals surface area (Å²) in [6, 6.07) is 10.7. The quantitative estimate of drug-likeness (QED) is 0.726. The summed E-state index contributed by atoms with van der Waals surface area (Å²) in [6.45, 7) is 0. The Balaban J connectivity index is 2.20. The Morgan fingerprint density at radius 1 is 0.947 bits per heavy atom. The maximum Gasteiger partial charge on any atom is 0.0844 e. The lowest BCUT2D eigenvalue weighted by Crippen LogP contribution is -2.02. The van der Waals surface area contributed by atoms with Crippen LogP contribution in [0.4, 0.5) is 0 Å². The molecule has 2 aromatic carbocycles. The Morgan fingerprint density at radius 3 is 2.32 bits per heavy atom. The first-order valence-electron chi connectivity index (χ1n) is 5.54. The van der Waals surface area contributed by atoms with E-state index in [0.29, 0.717) is 27.1 Å². The highest BCUT2D eigenvalue weighted by Gasteiger charge is 2.13. The molecule has 0 heterocycles. The number of halogens is 4. The van der Waals surface area contributed by atoms with Crippen molar-refractivity contribution in [3.63, 3.8) is 0 Å². The van der Waals surface area contributed by atoms with Crippen molar-refractivity contribution in [2.75, 3.05) is 0 Å². The van der Waals surface area contributed by atoms with E-state index in [4.69, 9.17) is 34.8 Å². The minimum atomic E-state index is -0.683. The second-order valence-corrected chi connectivity index (χ2v) is 6.27. The van der Waals surface area contributed by atoms with Gasteiger partial charge in [-0.3, -0.25) is 0 Å². The summed E-state index contributed by atoms with van der Waals surface area (Å²) in [7, 11) is 0. The molecule has 19 heavy (non-hydrogen) atoms. The molecule has 1 N–H and O–H groups in total. The highest BCUT2D eigenvalue weighted by atomic mass is 79.9.